The predicted molar refractivity (Wildman–Crippen MR) is 94.5 cm³/mol. The minimum atomic E-state index is -4.39. The summed E-state index contributed by atoms with van der Waals surface area (Å²) in [6.07, 6.45) is -3.65. The van der Waals surface area contributed by atoms with E-state index in [1.165, 1.54) is 31.4 Å². The monoisotopic (exact) mass is 383 g/mol. The van der Waals surface area contributed by atoms with Crippen LogP contribution in [0.4, 0.5) is 18.9 Å². The smallest absolute Gasteiger partial charge is 0.422 e. The summed E-state index contributed by atoms with van der Waals surface area (Å²) in [6, 6.07) is 11.1. The molecule has 0 saturated carbocycles. The maximum Gasteiger partial charge on any atom is 0.422 e. The van der Waals surface area contributed by atoms with Crippen LogP contribution in [-0.2, 0) is 11.2 Å². The van der Waals surface area contributed by atoms with Gasteiger partial charge in [0.15, 0.2) is 18.1 Å². The molecular weight excluding hydrogens is 363 g/mol. The number of methoxy groups -OCH3 is 2. The molecule has 2 aromatic carbocycles. The van der Waals surface area contributed by atoms with Gasteiger partial charge in [-0.2, -0.15) is 13.2 Å². The highest BCUT2D eigenvalue weighted by Crippen LogP contribution is 2.28. The summed E-state index contributed by atoms with van der Waals surface area (Å²) in [6.45, 7) is -1.36. The van der Waals surface area contributed by atoms with Crippen LogP contribution in [0.1, 0.15) is 12.0 Å². The van der Waals surface area contributed by atoms with Gasteiger partial charge in [-0.1, -0.05) is 6.07 Å². The topological polar surface area (TPSA) is 56.8 Å². The summed E-state index contributed by atoms with van der Waals surface area (Å²) >= 11 is 0. The summed E-state index contributed by atoms with van der Waals surface area (Å²) in [5.41, 5.74) is 1.39. The SMILES string of the molecule is COc1ccc(CCC(=O)Nc2ccc(OCC(F)(F)F)cc2)cc1OC. The van der Waals surface area contributed by atoms with Crippen LogP contribution >= 0.6 is 0 Å². The molecule has 0 unspecified atom stereocenters. The van der Waals surface area contributed by atoms with E-state index in [9.17, 15) is 18.0 Å². The van der Waals surface area contributed by atoms with Crippen molar-refractivity contribution >= 4 is 11.6 Å². The van der Waals surface area contributed by atoms with Crippen LogP contribution in [0.15, 0.2) is 42.5 Å². The molecule has 146 valence electrons. The first kappa shape index (κ1) is 20.4. The van der Waals surface area contributed by atoms with Crippen LogP contribution in [0.2, 0.25) is 0 Å². The van der Waals surface area contributed by atoms with E-state index in [-0.39, 0.29) is 18.1 Å². The number of anilines is 1. The fourth-order valence-electron chi connectivity index (χ4n) is 2.32. The Bertz CT molecular complexity index is 761. The summed E-state index contributed by atoms with van der Waals surface area (Å²) in [7, 11) is 3.08. The molecule has 1 amide bonds. The molecule has 0 spiro atoms. The number of hydrogen-bond donors (Lipinski definition) is 1. The van der Waals surface area contributed by atoms with Crippen LogP contribution in [0, 0.1) is 0 Å². The van der Waals surface area contributed by atoms with Crippen molar-refractivity contribution in [1.29, 1.82) is 0 Å². The van der Waals surface area contributed by atoms with Gasteiger partial charge in [-0.25, -0.2) is 0 Å². The lowest BCUT2D eigenvalue weighted by Crippen LogP contribution is -2.19. The number of ether oxygens (including phenoxy) is 3. The highest BCUT2D eigenvalue weighted by molar-refractivity contribution is 5.90. The van der Waals surface area contributed by atoms with Gasteiger partial charge < -0.3 is 19.5 Å². The number of aryl methyl sites for hydroxylation is 1. The molecule has 27 heavy (non-hydrogen) atoms. The third-order valence-electron chi connectivity index (χ3n) is 3.63. The zero-order valence-corrected chi connectivity index (χ0v) is 14.9. The van der Waals surface area contributed by atoms with Crippen LogP contribution < -0.4 is 19.5 Å². The molecule has 0 atom stereocenters. The molecule has 0 radical (unpaired) electrons. The van der Waals surface area contributed by atoms with E-state index in [2.05, 4.69) is 10.1 Å². The summed E-state index contributed by atoms with van der Waals surface area (Å²) in [4.78, 5) is 12.1. The van der Waals surface area contributed by atoms with Gasteiger partial charge in [-0.15, -0.1) is 0 Å². The average molecular weight is 383 g/mol. The molecule has 5 nitrogen and oxygen atoms in total. The third kappa shape index (κ3) is 6.73. The van der Waals surface area contributed by atoms with Crippen molar-refractivity contribution in [2.75, 3.05) is 26.1 Å². The van der Waals surface area contributed by atoms with Gasteiger partial charge in [-0.3, -0.25) is 4.79 Å². The molecule has 0 saturated heterocycles. The average Bonchev–Trinajstić information content (AvgIpc) is 2.65. The Hall–Kier alpha value is -2.90. The maximum absolute atomic E-state index is 12.1. The number of benzene rings is 2. The molecule has 0 aliphatic rings. The zero-order chi connectivity index (χ0) is 19.9. The Balaban J connectivity index is 1.85. The van der Waals surface area contributed by atoms with Crippen LogP contribution in [-0.4, -0.2) is 32.9 Å². The first-order valence-electron chi connectivity index (χ1n) is 8.11. The number of amides is 1. The fraction of sp³-hybridized carbons (Fsp3) is 0.316. The Morgan fingerprint density at radius 1 is 1.00 bits per heavy atom. The second-order valence-corrected chi connectivity index (χ2v) is 5.67. The second kappa shape index (κ2) is 9.16. The largest absolute Gasteiger partial charge is 0.493 e. The van der Waals surface area contributed by atoms with Crippen LogP contribution in [0.25, 0.3) is 0 Å². The first-order chi connectivity index (χ1) is 12.8. The number of carbonyl (C=O) groups is 1. The summed E-state index contributed by atoms with van der Waals surface area (Å²) in [5, 5.41) is 2.69. The number of hydrogen-bond acceptors (Lipinski definition) is 4. The van der Waals surface area contributed by atoms with E-state index in [0.29, 0.717) is 23.6 Å². The Labute approximate surface area is 155 Å². The van der Waals surface area contributed by atoms with Crippen molar-refractivity contribution in [2.24, 2.45) is 0 Å². The molecule has 8 heteroatoms. The van der Waals surface area contributed by atoms with E-state index >= 15 is 0 Å². The Morgan fingerprint density at radius 3 is 2.26 bits per heavy atom. The van der Waals surface area contributed by atoms with Gasteiger partial charge in [0.2, 0.25) is 5.91 Å². The first-order valence-corrected chi connectivity index (χ1v) is 8.11. The number of rotatable bonds is 8. The van der Waals surface area contributed by atoms with Crippen molar-refractivity contribution in [3.8, 4) is 17.2 Å². The summed E-state index contributed by atoms with van der Waals surface area (Å²) < 4.78 is 51.3. The number of alkyl halides is 3. The molecule has 2 aromatic rings. The minimum Gasteiger partial charge on any atom is -0.493 e. The van der Waals surface area contributed by atoms with E-state index < -0.39 is 12.8 Å². The fourth-order valence-corrected chi connectivity index (χ4v) is 2.32. The highest BCUT2D eigenvalue weighted by Gasteiger charge is 2.28. The Morgan fingerprint density at radius 2 is 1.67 bits per heavy atom. The zero-order valence-electron chi connectivity index (χ0n) is 14.9. The molecule has 0 fully saturated rings. The molecule has 1 N–H and O–H groups in total. The molecule has 0 aliphatic heterocycles. The molecule has 2 rings (SSSR count). The van der Waals surface area contributed by atoms with Crippen molar-refractivity contribution in [3.63, 3.8) is 0 Å². The van der Waals surface area contributed by atoms with E-state index in [1.54, 1.807) is 19.2 Å². The third-order valence-corrected chi connectivity index (χ3v) is 3.63. The normalized spacial score (nSPS) is 11.0. The number of carbonyl (C=O) groups excluding carboxylic acids is 1. The van der Waals surface area contributed by atoms with Crippen molar-refractivity contribution in [3.05, 3.63) is 48.0 Å². The van der Waals surface area contributed by atoms with E-state index in [1.807, 2.05) is 6.07 Å². The standard InChI is InChI=1S/C19H20F3NO4/c1-25-16-9-3-13(11-17(16)26-2)4-10-18(24)23-14-5-7-15(8-6-14)27-12-19(20,21)22/h3,5-9,11H,4,10,12H2,1-2H3,(H,23,24). The number of nitrogens with one attached hydrogen (secondary N) is 1. The summed E-state index contributed by atoms with van der Waals surface area (Å²) in [5.74, 6) is 1.06. The Kier molecular flexibility index (Phi) is 6.92. The van der Waals surface area contributed by atoms with Crippen molar-refractivity contribution < 1.29 is 32.2 Å². The van der Waals surface area contributed by atoms with E-state index in [0.717, 1.165) is 5.56 Å². The molecule has 0 heterocycles. The molecule has 0 aliphatic carbocycles. The quantitative estimate of drug-likeness (QED) is 0.742. The van der Waals surface area contributed by atoms with E-state index in [4.69, 9.17) is 9.47 Å². The number of halogens is 3. The van der Waals surface area contributed by atoms with Crippen LogP contribution in [0.5, 0.6) is 17.2 Å². The van der Waals surface area contributed by atoms with Gasteiger partial charge in [0.25, 0.3) is 0 Å². The molecule has 0 aromatic heterocycles. The van der Waals surface area contributed by atoms with Crippen molar-refractivity contribution in [1.82, 2.24) is 0 Å². The lowest BCUT2D eigenvalue weighted by atomic mass is 10.1. The van der Waals surface area contributed by atoms with Gasteiger partial charge in [0.05, 0.1) is 14.2 Å². The maximum atomic E-state index is 12.1. The van der Waals surface area contributed by atoms with Gasteiger partial charge in [-0.05, 0) is 48.4 Å². The molecule has 0 bridgehead atoms. The lowest BCUT2D eigenvalue weighted by Gasteiger charge is -2.11. The molecular formula is C19H20F3NO4. The second-order valence-electron chi connectivity index (χ2n) is 5.67. The van der Waals surface area contributed by atoms with Gasteiger partial charge in [0, 0.05) is 12.1 Å². The van der Waals surface area contributed by atoms with Crippen molar-refractivity contribution in [2.45, 2.75) is 19.0 Å². The lowest BCUT2D eigenvalue weighted by molar-refractivity contribution is -0.153. The highest BCUT2D eigenvalue weighted by atomic mass is 19.4. The van der Waals surface area contributed by atoms with Gasteiger partial charge in [0.1, 0.15) is 5.75 Å². The predicted octanol–water partition coefficient (Wildman–Crippen LogP) is 4.22. The van der Waals surface area contributed by atoms with Crippen LogP contribution in [0.3, 0.4) is 0 Å². The minimum absolute atomic E-state index is 0.0793. The van der Waals surface area contributed by atoms with Gasteiger partial charge >= 0.3 is 6.18 Å².